The number of ether oxygens (including phenoxy) is 3. The van der Waals surface area contributed by atoms with Crippen molar-refractivity contribution in [2.24, 2.45) is 5.92 Å². The Labute approximate surface area is 240 Å². The van der Waals surface area contributed by atoms with Crippen LogP contribution in [0.1, 0.15) is 52.2 Å². The van der Waals surface area contributed by atoms with Crippen molar-refractivity contribution in [3.8, 4) is 0 Å². The molecule has 10 heteroatoms. The summed E-state index contributed by atoms with van der Waals surface area (Å²) in [5.74, 6) is -1.16. The Morgan fingerprint density at radius 3 is 2.20 bits per heavy atom. The Balaban J connectivity index is 1.79. The Morgan fingerprint density at radius 2 is 1.56 bits per heavy atom. The van der Waals surface area contributed by atoms with E-state index in [2.05, 4.69) is 10.6 Å². The van der Waals surface area contributed by atoms with Crippen LogP contribution in [0.4, 0.5) is 9.59 Å². The van der Waals surface area contributed by atoms with Crippen molar-refractivity contribution in [1.82, 2.24) is 15.2 Å². The minimum Gasteiger partial charge on any atom is -0.467 e. The van der Waals surface area contributed by atoms with E-state index in [1.54, 1.807) is 39.1 Å². The van der Waals surface area contributed by atoms with Crippen LogP contribution in [0.3, 0.4) is 0 Å². The molecule has 0 saturated carbocycles. The number of nitrogens with one attached hydrogen (secondary N) is 2. The first-order valence-electron chi connectivity index (χ1n) is 13.6. The van der Waals surface area contributed by atoms with Crippen molar-refractivity contribution in [2.75, 3.05) is 7.11 Å². The minimum atomic E-state index is -1.08. The molecular formula is C31H39N3O7. The molecule has 0 spiro atoms. The molecule has 0 saturated heterocycles. The zero-order valence-electron chi connectivity index (χ0n) is 24.4. The molecule has 0 radical (unpaired) electrons. The van der Waals surface area contributed by atoms with Gasteiger partial charge < -0.3 is 24.8 Å². The number of fused-ring (bicyclic) bond motifs is 1. The SMILES string of the molecule is COC(=O)[C@H](Cc1cn(C(=O)OC(C)(C)C)c2ccccc12)NC(=O)[C@H](CC(C)C)NC(=O)OCc1ccccc1. The third kappa shape index (κ3) is 9.09. The quantitative estimate of drug-likeness (QED) is 0.263. The van der Waals surface area contributed by atoms with Gasteiger partial charge in [-0.05, 0) is 50.3 Å². The van der Waals surface area contributed by atoms with E-state index in [9.17, 15) is 19.2 Å². The van der Waals surface area contributed by atoms with Gasteiger partial charge >= 0.3 is 18.2 Å². The zero-order valence-corrected chi connectivity index (χ0v) is 24.4. The number of para-hydroxylation sites is 1. The van der Waals surface area contributed by atoms with E-state index in [0.717, 1.165) is 10.9 Å². The Bertz CT molecular complexity index is 1360. The highest BCUT2D eigenvalue weighted by atomic mass is 16.6. The van der Waals surface area contributed by atoms with Crippen LogP contribution < -0.4 is 10.6 Å². The van der Waals surface area contributed by atoms with E-state index < -0.39 is 41.7 Å². The number of esters is 1. The van der Waals surface area contributed by atoms with E-state index in [1.807, 2.05) is 56.3 Å². The average molecular weight is 566 g/mol. The number of hydrogen-bond donors (Lipinski definition) is 2. The smallest absolute Gasteiger partial charge is 0.419 e. The highest BCUT2D eigenvalue weighted by Gasteiger charge is 2.30. The van der Waals surface area contributed by atoms with Gasteiger partial charge in [-0.1, -0.05) is 62.4 Å². The molecule has 0 aliphatic heterocycles. The number of alkyl carbamates (subject to hydrolysis) is 1. The molecule has 2 N–H and O–H groups in total. The molecule has 2 atom stereocenters. The fourth-order valence-corrected chi connectivity index (χ4v) is 4.31. The average Bonchev–Trinajstić information content (AvgIpc) is 3.28. The highest BCUT2D eigenvalue weighted by Crippen LogP contribution is 2.24. The molecule has 41 heavy (non-hydrogen) atoms. The second-order valence-electron chi connectivity index (χ2n) is 11.2. The number of rotatable bonds is 10. The molecule has 220 valence electrons. The number of amides is 2. The summed E-state index contributed by atoms with van der Waals surface area (Å²) in [6.45, 7) is 9.22. The molecule has 2 aromatic carbocycles. The molecule has 10 nitrogen and oxygen atoms in total. The summed E-state index contributed by atoms with van der Waals surface area (Å²) in [5.41, 5.74) is 1.35. The lowest BCUT2D eigenvalue weighted by Gasteiger charge is -2.23. The van der Waals surface area contributed by atoms with E-state index in [4.69, 9.17) is 14.2 Å². The van der Waals surface area contributed by atoms with Crippen LogP contribution in [-0.4, -0.2) is 53.4 Å². The van der Waals surface area contributed by atoms with Crippen LogP contribution in [0.25, 0.3) is 10.9 Å². The summed E-state index contributed by atoms with van der Waals surface area (Å²) in [6.07, 6.45) is 0.657. The third-order valence-corrected chi connectivity index (χ3v) is 6.14. The molecule has 1 aromatic heterocycles. The number of carbonyl (C=O) groups is 4. The van der Waals surface area contributed by atoms with Crippen LogP contribution in [0, 0.1) is 5.92 Å². The Kier molecular flexibility index (Phi) is 10.5. The monoisotopic (exact) mass is 565 g/mol. The highest BCUT2D eigenvalue weighted by molar-refractivity contribution is 5.93. The van der Waals surface area contributed by atoms with Gasteiger partial charge in [-0.15, -0.1) is 0 Å². The number of carbonyl (C=O) groups excluding carboxylic acids is 4. The number of methoxy groups -OCH3 is 1. The number of aromatic nitrogens is 1. The first-order chi connectivity index (χ1) is 19.4. The lowest BCUT2D eigenvalue weighted by Crippen LogP contribution is -2.53. The molecule has 0 bridgehead atoms. The lowest BCUT2D eigenvalue weighted by molar-refractivity contribution is -0.145. The summed E-state index contributed by atoms with van der Waals surface area (Å²) in [7, 11) is 1.23. The molecular weight excluding hydrogens is 526 g/mol. The van der Waals surface area contributed by atoms with Gasteiger partial charge in [0.05, 0.1) is 12.6 Å². The van der Waals surface area contributed by atoms with E-state index in [0.29, 0.717) is 17.5 Å². The summed E-state index contributed by atoms with van der Waals surface area (Å²) in [5, 5.41) is 6.08. The second-order valence-corrected chi connectivity index (χ2v) is 11.2. The van der Waals surface area contributed by atoms with Crippen molar-refractivity contribution in [1.29, 1.82) is 0 Å². The predicted octanol–water partition coefficient (Wildman–Crippen LogP) is 4.97. The van der Waals surface area contributed by atoms with Crippen LogP contribution >= 0.6 is 0 Å². The Morgan fingerprint density at radius 1 is 0.902 bits per heavy atom. The number of benzene rings is 2. The van der Waals surface area contributed by atoms with Crippen molar-refractivity contribution in [3.63, 3.8) is 0 Å². The molecule has 1 heterocycles. The Hall–Kier alpha value is -4.34. The summed E-state index contributed by atoms with van der Waals surface area (Å²) < 4.78 is 17.2. The fraction of sp³-hybridized carbons (Fsp3) is 0.419. The van der Waals surface area contributed by atoms with Gasteiger partial charge in [0.2, 0.25) is 5.91 Å². The molecule has 0 aliphatic carbocycles. The van der Waals surface area contributed by atoms with Gasteiger partial charge in [0.15, 0.2) is 0 Å². The molecule has 3 rings (SSSR count). The first kappa shape index (κ1) is 31.2. The molecule has 0 aliphatic rings. The number of hydrogen-bond acceptors (Lipinski definition) is 7. The van der Waals surface area contributed by atoms with Crippen molar-refractivity contribution < 1.29 is 33.4 Å². The topological polar surface area (TPSA) is 125 Å². The van der Waals surface area contributed by atoms with Gasteiger partial charge in [0.1, 0.15) is 24.3 Å². The summed E-state index contributed by atoms with van der Waals surface area (Å²) in [6, 6.07) is 14.4. The van der Waals surface area contributed by atoms with E-state index >= 15 is 0 Å². The zero-order chi connectivity index (χ0) is 30.2. The molecule has 0 fully saturated rings. The first-order valence-corrected chi connectivity index (χ1v) is 13.6. The van der Waals surface area contributed by atoms with Crippen LogP contribution in [0.2, 0.25) is 0 Å². The maximum Gasteiger partial charge on any atom is 0.419 e. The second kappa shape index (κ2) is 13.8. The van der Waals surface area contributed by atoms with E-state index in [1.165, 1.54) is 11.7 Å². The predicted molar refractivity (Wildman–Crippen MR) is 154 cm³/mol. The van der Waals surface area contributed by atoms with Crippen molar-refractivity contribution >= 4 is 35.0 Å². The fourth-order valence-electron chi connectivity index (χ4n) is 4.31. The maximum atomic E-state index is 13.4. The molecule has 0 unspecified atom stereocenters. The lowest BCUT2D eigenvalue weighted by atomic mass is 10.0. The van der Waals surface area contributed by atoms with Crippen LogP contribution in [0.15, 0.2) is 60.8 Å². The van der Waals surface area contributed by atoms with Gasteiger partial charge in [-0.25, -0.2) is 14.4 Å². The van der Waals surface area contributed by atoms with Gasteiger partial charge in [-0.2, -0.15) is 0 Å². The third-order valence-electron chi connectivity index (χ3n) is 6.14. The maximum absolute atomic E-state index is 13.4. The van der Waals surface area contributed by atoms with Gasteiger partial charge in [0.25, 0.3) is 0 Å². The standard InChI is InChI=1S/C31H39N3O7/c1-20(2)16-24(33-29(37)40-19-21-12-8-7-9-13-21)27(35)32-25(28(36)39-6)17-22-18-34(30(38)41-31(3,4)5)26-15-11-10-14-23(22)26/h7-15,18,20,24-25H,16-17,19H2,1-6H3,(H,32,35)(H,33,37)/t24-,25-/m0/s1. The van der Waals surface area contributed by atoms with E-state index in [-0.39, 0.29) is 18.9 Å². The largest absolute Gasteiger partial charge is 0.467 e. The summed E-state index contributed by atoms with van der Waals surface area (Å²) >= 11 is 0. The number of nitrogens with zero attached hydrogens (tertiary/aromatic N) is 1. The molecule has 3 aromatic rings. The van der Waals surface area contributed by atoms with Crippen molar-refractivity contribution in [2.45, 2.75) is 71.8 Å². The minimum absolute atomic E-state index is 0.0432. The van der Waals surface area contributed by atoms with Crippen LogP contribution in [-0.2, 0) is 36.8 Å². The van der Waals surface area contributed by atoms with Gasteiger partial charge in [-0.3, -0.25) is 9.36 Å². The normalized spacial score (nSPS) is 12.9. The van der Waals surface area contributed by atoms with Gasteiger partial charge in [0, 0.05) is 18.0 Å². The van der Waals surface area contributed by atoms with Crippen LogP contribution in [0.5, 0.6) is 0 Å². The van der Waals surface area contributed by atoms with Crippen molar-refractivity contribution in [3.05, 3.63) is 71.9 Å². The summed E-state index contributed by atoms with van der Waals surface area (Å²) in [4.78, 5) is 51.6. The molecule has 2 amide bonds.